The Bertz CT molecular complexity index is 732. The molecule has 0 bridgehead atoms. The number of nitrogens with one attached hydrogen (secondary N) is 1. The highest BCUT2D eigenvalue weighted by Crippen LogP contribution is 2.16. The van der Waals surface area contributed by atoms with Crippen molar-refractivity contribution in [3.8, 4) is 6.07 Å². The highest BCUT2D eigenvalue weighted by atomic mass is 79.9. The van der Waals surface area contributed by atoms with Gasteiger partial charge in [-0.05, 0) is 36.3 Å². The summed E-state index contributed by atoms with van der Waals surface area (Å²) in [6.45, 7) is 1.89. The quantitative estimate of drug-likeness (QED) is 0.659. The first-order chi connectivity index (χ1) is 10.6. The number of benzene rings is 2. The van der Waals surface area contributed by atoms with Crippen molar-refractivity contribution in [2.75, 3.05) is 0 Å². The Morgan fingerprint density at radius 3 is 2.59 bits per heavy atom. The zero-order valence-electron chi connectivity index (χ0n) is 12.1. The van der Waals surface area contributed by atoms with Crippen LogP contribution in [0.2, 0.25) is 0 Å². The first-order valence-corrected chi connectivity index (χ1v) is 7.62. The molecule has 0 fully saturated rings. The van der Waals surface area contributed by atoms with E-state index < -0.39 is 0 Å². The Kier molecular flexibility index (Phi) is 5.51. The van der Waals surface area contributed by atoms with Crippen molar-refractivity contribution < 1.29 is 4.79 Å². The van der Waals surface area contributed by atoms with Crippen LogP contribution in [0.1, 0.15) is 24.1 Å². The highest BCUT2D eigenvalue weighted by molar-refractivity contribution is 9.10. The van der Waals surface area contributed by atoms with Crippen LogP contribution >= 0.6 is 15.9 Å². The maximum Gasteiger partial charge on any atom is 0.262 e. The van der Waals surface area contributed by atoms with E-state index in [0.29, 0.717) is 0 Å². The molecule has 0 heterocycles. The first-order valence-electron chi connectivity index (χ1n) is 6.83. The van der Waals surface area contributed by atoms with E-state index in [1.165, 1.54) is 0 Å². The molecule has 0 saturated carbocycles. The zero-order chi connectivity index (χ0) is 15.9. The maximum atomic E-state index is 12.2. The molecule has 0 spiro atoms. The number of carbonyl (C=O) groups is 1. The number of hydrogen-bond acceptors (Lipinski definition) is 2. The van der Waals surface area contributed by atoms with E-state index in [0.717, 1.165) is 15.6 Å². The zero-order valence-corrected chi connectivity index (χ0v) is 13.7. The molecule has 22 heavy (non-hydrogen) atoms. The van der Waals surface area contributed by atoms with Gasteiger partial charge in [-0.1, -0.05) is 58.4 Å². The van der Waals surface area contributed by atoms with Gasteiger partial charge in [-0.2, -0.15) is 5.26 Å². The summed E-state index contributed by atoms with van der Waals surface area (Å²) in [5, 5.41) is 12.1. The molecule has 0 aliphatic rings. The van der Waals surface area contributed by atoms with Gasteiger partial charge in [0, 0.05) is 4.47 Å². The third kappa shape index (κ3) is 4.31. The van der Waals surface area contributed by atoms with Crippen LogP contribution in [0.4, 0.5) is 0 Å². The molecule has 2 aromatic rings. The fourth-order valence-corrected chi connectivity index (χ4v) is 2.43. The first kappa shape index (κ1) is 16.0. The minimum Gasteiger partial charge on any atom is -0.345 e. The molecule has 110 valence electrons. The number of amides is 1. The summed E-state index contributed by atoms with van der Waals surface area (Å²) < 4.78 is 0.900. The van der Waals surface area contributed by atoms with Crippen molar-refractivity contribution in [2.45, 2.75) is 13.0 Å². The summed E-state index contributed by atoms with van der Waals surface area (Å²) in [5.41, 5.74) is 1.88. The molecule has 4 heteroatoms. The molecule has 1 unspecified atom stereocenters. The normalized spacial score (nSPS) is 12.3. The van der Waals surface area contributed by atoms with Crippen LogP contribution in [-0.2, 0) is 4.79 Å². The third-order valence-electron chi connectivity index (χ3n) is 3.17. The highest BCUT2D eigenvalue weighted by Gasteiger charge is 2.13. The predicted octanol–water partition coefficient (Wildman–Crippen LogP) is 4.23. The Morgan fingerprint density at radius 1 is 1.23 bits per heavy atom. The molecular formula is C18H15BrN2O. The Labute approximate surface area is 138 Å². The van der Waals surface area contributed by atoms with Crippen molar-refractivity contribution in [3.05, 3.63) is 75.8 Å². The molecule has 0 aliphatic heterocycles. The van der Waals surface area contributed by atoms with Crippen molar-refractivity contribution in [2.24, 2.45) is 0 Å². The second kappa shape index (κ2) is 7.58. The fraction of sp³-hybridized carbons (Fsp3) is 0.111. The van der Waals surface area contributed by atoms with E-state index in [1.807, 2.05) is 67.6 Å². The summed E-state index contributed by atoms with van der Waals surface area (Å²) in [4.78, 5) is 12.2. The van der Waals surface area contributed by atoms with Crippen molar-refractivity contribution in [3.63, 3.8) is 0 Å². The summed E-state index contributed by atoms with van der Waals surface area (Å²) in [6, 6.07) is 18.9. The largest absolute Gasteiger partial charge is 0.345 e. The minimum atomic E-state index is -0.376. The third-order valence-corrected chi connectivity index (χ3v) is 3.67. The molecule has 1 amide bonds. The SMILES string of the molecule is CC(NC(=O)/C(C#N)=C\c1cccc(Br)c1)c1ccccc1. The van der Waals surface area contributed by atoms with Gasteiger partial charge >= 0.3 is 0 Å². The number of nitrogens with zero attached hydrogens (tertiary/aromatic N) is 1. The molecule has 3 nitrogen and oxygen atoms in total. The van der Waals surface area contributed by atoms with Gasteiger partial charge in [0.2, 0.25) is 0 Å². The van der Waals surface area contributed by atoms with E-state index in [2.05, 4.69) is 21.2 Å². The van der Waals surface area contributed by atoms with E-state index in [4.69, 9.17) is 0 Å². The fourth-order valence-electron chi connectivity index (χ4n) is 2.01. The number of hydrogen-bond donors (Lipinski definition) is 1. The van der Waals surface area contributed by atoms with Gasteiger partial charge in [-0.3, -0.25) is 4.79 Å². The standard InChI is InChI=1S/C18H15BrN2O/c1-13(15-7-3-2-4-8-15)21-18(22)16(12-20)10-14-6-5-9-17(19)11-14/h2-11,13H,1H3,(H,21,22)/b16-10-. The maximum absolute atomic E-state index is 12.2. The summed E-state index contributed by atoms with van der Waals surface area (Å²) in [7, 11) is 0. The Balaban J connectivity index is 2.14. The van der Waals surface area contributed by atoms with Crippen molar-refractivity contribution >= 4 is 27.9 Å². The van der Waals surface area contributed by atoms with Gasteiger partial charge in [-0.25, -0.2) is 0 Å². The topological polar surface area (TPSA) is 52.9 Å². The number of halogens is 1. The summed E-state index contributed by atoms with van der Waals surface area (Å²) >= 11 is 3.37. The van der Waals surface area contributed by atoms with E-state index in [9.17, 15) is 10.1 Å². The van der Waals surface area contributed by atoms with Gasteiger partial charge in [-0.15, -0.1) is 0 Å². The van der Waals surface area contributed by atoms with Crippen LogP contribution in [-0.4, -0.2) is 5.91 Å². The van der Waals surface area contributed by atoms with Crippen molar-refractivity contribution in [1.29, 1.82) is 5.26 Å². The smallest absolute Gasteiger partial charge is 0.262 e. The molecule has 1 N–H and O–H groups in total. The van der Waals surface area contributed by atoms with Gasteiger partial charge in [0.15, 0.2) is 0 Å². The van der Waals surface area contributed by atoms with E-state index >= 15 is 0 Å². The monoisotopic (exact) mass is 354 g/mol. The molecule has 1 atom stereocenters. The Hall–Kier alpha value is -2.38. The minimum absolute atomic E-state index is 0.0841. The average Bonchev–Trinajstić information content (AvgIpc) is 2.53. The van der Waals surface area contributed by atoms with Crippen molar-refractivity contribution in [1.82, 2.24) is 5.32 Å². The molecule has 0 aromatic heterocycles. The summed E-state index contributed by atoms with van der Waals surface area (Å²) in [5.74, 6) is -0.376. The second-order valence-corrected chi connectivity index (χ2v) is 5.75. The molecular weight excluding hydrogens is 340 g/mol. The van der Waals surface area contributed by atoms with Crippen LogP contribution in [0, 0.1) is 11.3 Å². The van der Waals surface area contributed by atoms with Crippen LogP contribution in [0.25, 0.3) is 6.08 Å². The molecule has 0 radical (unpaired) electrons. The van der Waals surface area contributed by atoms with Crippen LogP contribution in [0.3, 0.4) is 0 Å². The number of rotatable bonds is 4. The second-order valence-electron chi connectivity index (χ2n) is 4.83. The van der Waals surface area contributed by atoms with Crippen LogP contribution in [0.5, 0.6) is 0 Å². The summed E-state index contributed by atoms with van der Waals surface area (Å²) in [6.07, 6.45) is 1.58. The lowest BCUT2D eigenvalue weighted by molar-refractivity contribution is -0.117. The Morgan fingerprint density at radius 2 is 1.95 bits per heavy atom. The molecule has 2 aromatic carbocycles. The molecule has 0 aliphatic carbocycles. The van der Waals surface area contributed by atoms with Crippen LogP contribution < -0.4 is 5.32 Å². The van der Waals surface area contributed by atoms with Gasteiger partial charge in [0.25, 0.3) is 5.91 Å². The average molecular weight is 355 g/mol. The van der Waals surface area contributed by atoms with Gasteiger partial charge in [0.05, 0.1) is 6.04 Å². The number of carbonyl (C=O) groups excluding carboxylic acids is 1. The lowest BCUT2D eigenvalue weighted by Crippen LogP contribution is -2.27. The van der Waals surface area contributed by atoms with E-state index in [1.54, 1.807) is 6.08 Å². The predicted molar refractivity (Wildman–Crippen MR) is 90.7 cm³/mol. The lowest BCUT2D eigenvalue weighted by atomic mass is 10.1. The number of nitriles is 1. The van der Waals surface area contributed by atoms with Gasteiger partial charge in [0.1, 0.15) is 11.6 Å². The molecule has 0 saturated heterocycles. The lowest BCUT2D eigenvalue weighted by Gasteiger charge is -2.13. The van der Waals surface area contributed by atoms with Crippen LogP contribution in [0.15, 0.2) is 64.6 Å². The molecule has 2 rings (SSSR count). The van der Waals surface area contributed by atoms with E-state index in [-0.39, 0.29) is 17.5 Å². The van der Waals surface area contributed by atoms with Gasteiger partial charge < -0.3 is 5.32 Å².